The van der Waals surface area contributed by atoms with Gasteiger partial charge in [0.25, 0.3) is 0 Å². The zero-order valence-corrected chi connectivity index (χ0v) is 7.03. The van der Waals surface area contributed by atoms with Crippen LogP contribution in [0.4, 0.5) is 0 Å². The predicted octanol–water partition coefficient (Wildman–Crippen LogP) is 1.99. The van der Waals surface area contributed by atoms with Crippen LogP contribution in [0, 0.1) is 5.92 Å². The number of halogens is 1. The molecule has 0 bridgehead atoms. The first-order chi connectivity index (χ1) is 3.55. The summed E-state index contributed by atoms with van der Waals surface area (Å²) in [5.41, 5.74) is 0. The number of rotatable bonds is 2. The van der Waals surface area contributed by atoms with Gasteiger partial charge in [-0.05, 0) is 6.92 Å². The van der Waals surface area contributed by atoms with Gasteiger partial charge in [0, 0.05) is 5.92 Å². The summed E-state index contributed by atoms with van der Waals surface area (Å²) < 4.78 is 0. The Hall–Kier alpha value is 0.150. The average Bonchev–Trinajstić information content (AvgIpc) is 1.64. The first-order valence-electron chi connectivity index (χ1n) is 2.73. The number of hydrogen-bond donors (Lipinski definition) is 0. The number of hydrogen-bond acceptors (Lipinski definition) is 1. The average molecular weight is 179 g/mol. The molecule has 0 amide bonds. The molecular formula is C6H11BrO. The standard InChI is InChI=1S/C6H11BrO/c1-4(2)6(8)5(3)7/h4-5H,1-3H3. The smallest absolute Gasteiger partial charge is 0.148 e. The molecule has 1 nitrogen and oxygen atoms in total. The molecule has 0 aromatic heterocycles. The molecule has 0 aromatic carbocycles. The number of alkyl halides is 1. The van der Waals surface area contributed by atoms with Crippen LogP contribution >= 0.6 is 15.9 Å². The number of carbonyl (C=O) groups is 1. The van der Waals surface area contributed by atoms with Gasteiger partial charge in [0.2, 0.25) is 0 Å². The third-order valence-corrected chi connectivity index (χ3v) is 1.41. The van der Waals surface area contributed by atoms with Gasteiger partial charge in [0.15, 0.2) is 0 Å². The van der Waals surface area contributed by atoms with Gasteiger partial charge in [-0.15, -0.1) is 0 Å². The van der Waals surface area contributed by atoms with Crippen LogP contribution in [0.2, 0.25) is 0 Å². The SMILES string of the molecule is CC(C)C(=O)C(C)Br. The maximum Gasteiger partial charge on any atom is 0.148 e. The van der Waals surface area contributed by atoms with Crippen molar-refractivity contribution in [3.05, 3.63) is 0 Å². The molecule has 0 aliphatic rings. The maximum atomic E-state index is 10.8. The molecule has 0 rings (SSSR count). The van der Waals surface area contributed by atoms with E-state index in [-0.39, 0.29) is 16.5 Å². The molecule has 0 radical (unpaired) electrons. The van der Waals surface area contributed by atoms with Crippen molar-refractivity contribution in [1.29, 1.82) is 0 Å². The Morgan fingerprint density at radius 2 is 1.75 bits per heavy atom. The summed E-state index contributed by atoms with van der Waals surface area (Å²) in [4.78, 5) is 10.8. The monoisotopic (exact) mass is 178 g/mol. The van der Waals surface area contributed by atoms with Crippen molar-refractivity contribution in [2.24, 2.45) is 5.92 Å². The maximum absolute atomic E-state index is 10.8. The lowest BCUT2D eigenvalue weighted by molar-refractivity contribution is -0.120. The molecule has 0 spiro atoms. The van der Waals surface area contributed by atoms with E-state index in [0.29, 0.717) is 0 Å². The third kappa shape index (κ3) is 2.46. The highest BCUT2D eigenvalue weighted by molar-refractivity contribution is 9.10. The molecule has 0 aliphatic heterocycles. The van der Waals surface area contributed by atoms with E-state index in [1.807, 2.05) is 20.8 Å². The molecule has 0 N–H and O–H groups in total. The van der Waals surface area contributed by atoms with Crippen molar-refractivity contribution < 1.29 is 4.79 Å². The van der Waals surface area contributed by atoms with Crippen LogP contribution in [-0.2, 0) is 4.79 Å². The van der Waals surface area contributed by atoms with E-state index in [2.05, 4.69) is 15.9 Å². The van der Waals surface area contributed by atoms with Crippen molar-refractivity contribution in [3.8, 4) is 0 Å². The van der Waals surface area contributed by atoms with Gasteiger partial charge in [-0.25, -0.2) is 0 Å². The molecule has 0 heterocycles. The van der Waals surface area contributed by atoms with Crippen molar-refractivity contribution in [2.75, 3.05) is 0 Å². The van der Waals surface area contributed by atoms with Gasteiger partial charge in [-0.1, -0.05) is 29.8 Å². The zero-order chi connectivity index (χ0) is 6.73. The normalized spacial score (nSPS) is 14.1. The van der Waals surface area contributed by atoms with Gasteiger partial charge in [0.1, 0.15) is 5.78 Å². The summed E-state index contributed by atoms with van der Waals surface area (Å²) in [6, 6.07) is 0. The highest BCUT2D eigenvalue weighted by Crippen LogP contribution is 2.06. The van der Waals surface area contributed by atoms with E-state index in [4.69, 9.17) is 0 Å². The van der Waals surface area contributed by atoms with E-state index in [0.717, 1.165) is 0 Å². The van der Waals surface area contributed by atoms with Crippen LogP contribution < -0.4 is 0 Å². The topological polar surface area (TPSA) is 17.1 Å². The van der Waals surface area contributed by atoms with E-state index >= 15 is 0 Å². The zero-order valence-electron chi connectivity index (χ0n) is 5.44. The lowest BCUT2D eigenvalue weighted by Gasteiger charge is -2.03. The van der Waals surface area contributed by atoms with Gasteiger partial charge in [0.05, 0.1) is 4.83 Å². The molecule has 0 aliphatic carbocycles. The second-order valence-electron chi connectivity index (χ2n) is 2.17. The minimum absolute atomic E-state index is 0.0162. The number of Topliss-reactive ketones (excluding diaryl/α,β-unsaturated/α-hetero) is 1. The van der Waals surface area contributed by atoms with Gasteiger partial charge >= 0.3 is 0 Å². The van der Waals surface area contributed by atoms with Crippen LogP contribution in [0.25, 0.3) is 0 Å². The number of ketones is 1. The summed E-state index contributed by atoms with van der Waals surface area (Å²) in [5.74, 6) is 0.425. The molecule has 0 aromatic rings. The summed E-state index contributed by atoms with van der Waals surface area (Å²) in [6.45, 7) is 5.66. The molecule has 1 atom stereocenters. The van der Waals surface area contributed by atoms with E-state index < -0.39 is 0 Å². The van der Waals surface area contributed by atoms with E-state index in [1.54, 1.807) is 0 Å². The summed E-state index contributed by atoms with van der Waals surface area (Å²) in [7, 11) is 0. The Balaban J connectivity index is 3.65. The fraction of sp³-hybridized carbons (Fsp3) is 0.833. The minimum atomic E-state index is 0.0162. The molecule has 1 unspecified atom stereocenters. The largest absolute Gasteiger partial charge is 0.298 e. The van der Waals surface area contributed by atoms with Crippen molar-refractivity contribution >= 4 is 21.7 Å². The Morgan fingerprint density at radius 1 is 1.38 bits per heavy atom. The van der Waals surface area contributed by atoms with Gasteiger partial charge < -0.3 is 0 Å². The van der Waals surface area contributed by atoms with Crippen LogP contribution in [-0.4, -0.2) is 10.6 Å². The summed E-state index contributed by atoms with van der Waals surface area (Å²) in [6.07, 6.45) is 0. The van der Waals surface area contributed by atoms with Crippen LogP contribution in [0.3, 0.4) is 0 Å². The second-order valence-corrected chi connectivity index (χ2v) is 3.55. The lowest BCUT2D eigenvalue weighted by Crippen LogP contribution is -2.15. The summed E-state index contributed by atoms with van der Waals surface area (Å²) >= 11 is 3.19. The van der Waals surface area contributed by atoms with E-state index in [1.165, 1.54) is 0 Å². The number of carbonyl (C=O) groups excluding carboxylic acids is 1. The van der Waals surface area contributed by atoms with E-state index in [9.17, 15) is 4.79 Å². The first-order valence-corrected chi connectivity index (χ1v) is 3.65. The minimum Gasteiger partial charge on any atom is -0.298 e. The molecule has 48 valence electrons. The highest BCUT2D eigenvalue weighted by Gasteiger charge is 2.11. The first kappa shape index (κ1) is 8.15. The molecule has 0 saturated heterocycles. The van der Waals surface area contributed by atoms with Gasteiger partial charge in [-0.3, -0.25) is 4.79 Å². The molecule has 8 heavy (non-hydrogen) atoms. The highest BCUT2D eigenvalue weighted by atomic mass is 79.9. The Labute approximate surface area is 58.6 Å². The molecular weight excluding hydrogens is 168 g/mol. The van der Waals surface area contributed by atoms with Crippen molar-refractivity contribution in [1.82, 2.24) is 0 Å². The molecule has 2 heteroatoms. The third-order valence-electron chi connectivity index (χ3n) is 0.961. The second kappa shape index (κ2) is 3.23. The Kier molecular flexibility index (Phi) is 3.29. The summed E-state index contributed by atoms with van der Waals surface area (Å²) in [5, 5.41) is 0. The molecule has 0 saturated carbocycles. The van der Waals surface area contributed by atoms with Crippen molar-refractivity contribution in [3.63, 3.8) is 0 Å². The lowest BCUT2D eigenvalue weighted by atomic mass is 10.1. The fourth-order valence-corrected chi connectivity index (χ4v) is 0.988. The fourth-order valence-electron chi connectivity index (χ4n) is 0.459. The quantitative estimate of drug-likeness (QED) is 0.592. The van der Waals surface area contributed by atoms with Gasteiger partial charge in [-0.2, -0.15) is 0 Å². The molecule has 0 fully saturated rings. The van der Waals surface area contributed by atoms with Crippen LogP contribution in [0.1, 0.15) is 20.8 Å². The van der Waals surface area contributed by atoms with Crippen molar-refractivity contribution in [2.45, 2.75) is 25.6 Å². The predicted molar refractivity (Wildman–Crippen MR) is 38.2 cm³/mol. The van der Waals surface area contributed by atoms with Crippen LogP contribution in [0.5, 0.6) is 0 Å². The van der Waals surface area contributed by atoms with Crippen LogP contribution in [0.15, 0.2) is 0 Å². The Morgan fingerprint density at radius 3 is 1.75 bits per heavy atom. The Bertz CT molecular complexity index is 76.5.